The number of hydrogen-bond donors (Lipinski definition) is 1. The van der Waals surface area contributed by atoms with Crippen molar-refractivity contribution in [3.8, 4) is 0 Å². The van der Waals surface area contributed by atoms with E-state index in [1.807, 2.05) is 4.90 Å². The molecule has 2 heterocycles. The van der Waals surface area contributed by atoms with Crippen LogP contribution >= 0.6 is 24.8 Å². The van der Waals surface area contributed by atoms with Crippen LogP contribution in [0.4, 0.5) is 0 Å². The van der Waals surface area contributed by atoms with Crippen molar-refractivity contribution in [2.75, 3.05) is 46.9 Å². The lowest BCUT2D eigenvalue weighted by atomic mass is 10.0. The van der Waals surface area contributed by atoms with Crippen molar-refractivity contribution in [2.45, 2.75) is 31.3 Å². The minimum absolute atomic E-state index is 0. The molecule has 2 saturated heterocycles. The second-order valence-electron chi connectivity index (χ2n) is 5.53. The average Bonchev–Trinajstić information content (AvgIpc) is 2.40. The first-order valence-electron chi connectivity index (χ1n) is 6.92. The molecular weight excluding hydrogens is 301 g/mol. The van der Waals surface area contributed by atoms with E-state index in [0.717, 1.165) is 32.7 Å². The smallest absolute Gasteiger partial charge is 0.224 e. The molecule has 7 heteroatoms. The summed E-state index contributed by atoms with van der Waals surface area (Å²) in [5, 5.41) is 3.34. The number of nitrogens with one attached hydrogen (secondary N) is 1. The predicted octanol–water partition coefficient (Wildman–Crippen LogP) is 0.761. The molecule has 2 aliphatic rings. The Morgan fingerprint density at radius 1 is 1.40 bits per heavy atom. The SMILES string of the molecule is CN(C)C1CCCN(C(=O)CC2COCCN2)C1.Cl.Cl. The van der Waals surface area contributed by atoms with Gasteiger partial charge in [-0.1, -0.05) is 0 Å². The standard InChI is InChI=1S/C13H25N3O2.2ClH/c1-15(2)12-4-3-6-16(9-12)13(17)8-11-10-18-7-5-14-11;;/h11-12,14H,3-10H2,1-2H3;2*1H. The van der Waals surface area contributed by atoms with Gasteiger partial charge in [0.25, 0.3) is 0 Å². The van der Waals surface area contributed by atoms with Crippen LogP contribution in [0.5, 0.6) is 0 Å². The Morgan fingerprint density at radius 3 is 2.75 bits per heavy atom. The molecule has 2 unspecified atom stereocenters. The molecule has 0 spiro atoms. The van der Waals surface area contributed by atoms with E-state index >= 15 is 0 Å². The van der Waals surface area contributed by atoms with E-state index in [9.17, 15) is 4.79 Å². The Bertz CT molecular complexity index is 287. The highest BCUT2D eigenvalue weighted by Crippen LogP contribution is 2.15. The van der Waals surface area contributed by atoms with E-state index in [-0.39, 0.29) is 36.8 Å². The molecule has 20 heavy (non-hydrogen) atoms. The molecule has 0 aromatic heterocycles. The van der Waals surface area contributed by atoms with E-state index < -0.39 is 0 Å². The molecule has 0 aromatic rings. The van der Waals surface area contributed by atoms with E-state index in [4.69, 9.17) is 4.74 Å². The number of halogens is 2. The zero-order chi connectivity index (χ0) is 13.0. The summed E-state index contributed by atoms with van der Waals surface area (Å²) in [6.45, 7) is 4.07. The van der Waals surface area contributed by atoms with Gasteiger partial charge in [0.2, 0.25) is 5.91 Å². The molecule has 120 valence electrons. The summed E-state index contributed by atoms with van der Waals surface area (Å²) < 4.78 is 5.39. The molecule has 0 aliphatic carbocycles. The van der Waals surface area contributed by atoms with Gasteiger partial charge in [-0.25, -0.2) is 0 Å². The third-order valence-electron chi connectivity index (χ3n) is 3.90. The quantitative estimate of drug-likeness (QED) is 0.831. The van der Waals surface area contributed by atoms with Crippen LogP contribution in [0.3, 0.4) is 0 Å². The van der Waals surface area contributed by atoms with Crippen LogP contribution < -0.4 is 5.32 Å². The van der Waals surface area contributed by atoms with Crippen LogP contribution in [0.1, 0.15) is 19.3 Å². The molecule has 0 saturated carbocycles. The van der Waals surface area contributed by atoms with Crippen molar-refractivity contribution in [1.82, 2.24) is 15.1 Å². The van der Waals surface area contributed by atoms with Crippen LogP contribution in [0.15, 0.2) is 0 Å². The lowest BCUT2D eigenvalue weighted by Gasteiger charge is -2.37. The van der Waals surface area contributed by atoms with Gasteiger partial charge < -0.3 is 19.9 Å². The van der Waals surface area contributed by atoms with Crippen molar-refractivity contribution in [3.63, 3.8) is 0 Å². The van der Waals surface area contributed by atoms with Gasteiger partial charge in [0.1, 0.15) is 0 Å². The van der Waals surface area contributed by atoms with Crippen LogP contribution in [-0.2, 0) is 9.53 Å². The Morgan fingerprint density at radius 2 is 2.15 bits per heavy atom. The zero-order valence-electron chi connectivity index (χ0n) is 12.3. The first-order valence-corrected chi connectivity index (χ1v) is 6.92. The summed E-state index contributed by atoms with van der Waals surface area (Å²) in [6, 6.07) is 0.712. The second-order valence-corrected chi connectivity index (χ2v) is 5.53. The fourth-order valence-corrected chi connectivity index (χ4v) is 2.69. The highest BCUT2D eigenvalue weighted by atomic mass is 35.5. The average molecular weight is 328 g/mol. The van der Waals surface area contributed by atoms with Crippen molar-refractivity contribution >= 4 is 30.7 Å². The minimum Gasteiger partial charge on any atom is -0.378 e. The fourth-order valence-electron chi connectivity index (χ4n) is 2.69. The summed E-state index contributed by atoms with van der Waals surface area (Å²) in [4.78, 5) is 16.5. The van der Waals surface area contributed by atoms with Gasteiger partial charge in [-0.05, 0) is 26.9 Å². The molecule has 1 N–H and O–H groups in total. The van der Waals surface area contributed by atoms with Crippen molar-refractivity contribution < 1.29 is 9.53 Å². The number of piperidine rings is 1. The number of carbonyl (C=O) groups is 1. The summed E-state index contributed by atoms with van der Waals surface area (Å²) in [6.07, 6.45) is 2.88. The minimum atomic E-state index is 0. The first-order chi connectivity index (χ1) is 8.66. The summed E-state index contributed by atoms with van der Waals surface area (Å²) in [5.74, 6) is 0.268. The van der Waals surface area contributed by atoms with Crippen molar-refractivity contribution in [3.05, 3.63) is 0 Å². The molecule has 0 radical (unpaired) electrons. The number of likely N-dealkylation sites (N-methyl/N-ethyl adjacent to an activating group) is 1. The number of nitrogens with zero attached hydrogens (tertiary/aromatic N) is 2. The maximum Gasteiger partial charge on any atom is 0.224 e. The number of ether oxygens (including phenoxy) is 1. The predicted molar refractivity (Wildman–Crippen MR) is 85.0 cm³/mol. The van der Waals surface area contributed by atoms with Gasteiger partial charge in [0.15, 0.2) is 0 Å². The van der Waals surface area contributed by atoms with Gasteiger partial charge in [0, 0.05) is 38.1 Å². The topological polar surface area (TPSA) is 44.8 Å². The highest BCUT2D eigenvalue weighted by Gasteiger charge is 2.26. The van der Waals surface area contributed by atoms with E-state index in [0.29, 0.717) is 19.1 Å². The molecule has 2 fully saturated rings. The monoisotopic (exact) mass is 327 g/mol. The highest BCUT2D eigenvalue weighted by molar-refractivity contribution is 5.85. The Hall–Kier alpha value is -0.0700. The molecule has 1 amide bonds. The Balaban J connectivity index is 0.00000180. The number of hydrogen-bond acceptors (Lipinski definition) is 4. The molecule has 0 aromatic carbocycles. The molecule has 2 rings (SSSR count). The molecule has 2 atom stereocenters. The Labute approximate surface area is 134 Å². The van der Waals surface area contributed by atoms with Crippen LogP contribution in [-0.4, -0.2) is 74.7 Å². The fraction of sp³-hybridized carbons (Fsp3) is 0.923. The van der Waals surface area contributed by atoms with Crippen LogP contribution in [0, 0.1) is 0 Å². The van der Waals surface area contributed by atoms with Gasteiger partial charge in [-0.2, -0.15) is 0 Å². The van der Waals surface area contributed by atoms with Gasteiger partial charge >= 0.3 is 0 Å². The molecule has 0 bridgehead atoms. The first kappa shape index (κ1) is 19.9. The molecule has 2 aliphatic heterocycles. The Kier molecular flexibility index (Phi) is 9.76. The number of morpholine rings is 1. The molecule has 5 nitrogen and oxygen atoms in total. The normalized spacial score (nSPS) is 26.6. The van der Waals surface area contributed by atoms with Gasteiger partial charge in [-0.15, -0.1) is 24.8 Å². The van der Waals surface area contributed by atoms with Crippen LogP contribution in [0.2, 0.25) is 0 Å². The van der Waals surface area contributed by atoms with Crippen LogP contribution in [0.25, 0.3) is 0 Å². The van der Waals surface area contributed by atoms with Crippen molar-refractivity contribution in [1.29, 1.82) is 0 Å². The van der Waals surface area contributed by atoms with E-state index in [2.05, 4.69) is 24.3 Å². The number of carbonyl (C=O) groups excluding carboxylic acids is 1. The van der Waals surface area contributed by atoms with Crippen molar-refractivity contribution in [2.24, 2.45) is 0 Å². The lowest BCUT2D eigenvalue weighted by molar-refractivity contribution is -0.134. The zero-order valence-corrected chi connectivity index (χ0v) is 14.0. The molecular formula is C13H27Cl2N3O2. The number of amides is 1. The lowest BCUT2D eigenvalue weighted by Crippen LogP contribution is -2.50. The maximum absolute atomic E-state index is 12.2. The summed E-state index contributed by atoms with van der Waals surface area (Å²) in [5.41, 5.74) is 0. The van der Waals surface area contributed by atoms with Gasteiger partial charge in [-0.3, -0.25) is 4.79 Å². The number of likely N-dealkylation sites (tertiary alicyclic amines) is 1. The maximum atomic E-state index is 12.2. The van der Waals surface area contributed by atoms with E-state index in [1.54, 1.807) is 0 Å². The summed E-state index contributed by atoms with van der Waals surface area (Å²) in [7, 11) is 4.18. The summed E-state index contributed by atoms with van der Waals surface area (Å²) >= 11 is 0. The second kappa shape index (κ2) is 9.79. The third kappa shape index (κ3) is 5.74. The third-order valence-corrected chi connectivity index (χ3v) is 3.90. The largest absolute Gasteiger partial charge is 0.378 e. The van der Waals surface area contributed by atoms with Gasteiger partial charge in [0.05, 0.1) is 13.2 Å². The number of rotatable bonds is 3. The van der Waals surface area contributed by atoms with E-state index in [1.165, 1.54) is 6.42 Å².